The number of amides is 1. The molecular weight excluding hydrogens is 364 g/mol. The van der Waals surface area contributed by atoms with Crippen LogP contribution in [0.2, 0.25) is 0 Å². The monoisotopic (exact) mass is 384 g/mol. The third-order valence-electron chi connectivity index (χ3n) is 4.45. The Balaban J connectivity index is 1.43. The minimum atomic E-state index is 0.0178. The maximum absolute atomic E-state index is 12.3. The second-order valence-electron chi connectivity index (χ2n) is 6.52. The molecule has 0 saturated heterocycles. The number of carbonyl (C=O) groups is 1. The highest BCUT2D eigenvalue weighted by molar-refractivity contribution is 7.13. The Bertz CT molecular complexity index is 1060. The molecule has 4 heteroatoms. The number of nitrogens with zero attached hydrogens (tertiary/aromatic N) is 1. The van der Waals surface area contributed by atoms with E-state index in [2.05, 4.69) is 22.8 Å². The number of hydrogen-bond donors (Lipinski definition) is 1. The number of carbonyl (C=O) groups excluding carboxylic acids is 1. The van der Waals surface area contributed by atoms with Crippen molar-refractivity contribution in [2.24, 2.45) is 0 Å². The maximum Gasteiger partial charge on any atom is 0.224 e. The third kappa shape index (κ3) is 4.53. The van der Waals surface area contributed by atoms with E-state index in [0.29, 0.717) is 6.42 Å². The zero-order chi connectivity index (χ0) is 19.2. The van der Waals surface area contributed by atoms with E-state index in [0.717, 1.165) is 33.9 Å². The fourth-order valence-corrected chi connectivity index (χ4v) is 3.84. The van der Waals surface area contributed by atoms with Crippen molar-refractivity contribution in [1.29, 1.82) is 0 Å². The summed E-state index contributed by atoms with van der Waals surface area (Å²) in [6.45, 7) is 0. The van der Waals surface area contributed by atoms with Gasteiger partial charge < -0.3 is 5.32 Å². The molecule has 0 radical (unpaired) electrons. The Morgan fingerprint density at radius 1 is 0.857 bits per heavy atom. The molecule has 0 unspecified atom stereocenters. The van der Waals surface area contributed by atoms with Crippen molar-refractivity contribution >= 4 is 22.9 Å². The van der Waals surface area contributed by atoms with Crippen LogP contribution in [0.5, 0.6) is 0 Å². The molecule has 0 aliphatic heterocycles. The zero-order valence-electron chi connectivity index (χ0n) is 15.3. The molecule has 1 heterocycles. The zero-order valence-corrected chi connectivity index (χ0v) is 16.2. The summed E-state index contributed by atoms with van der Waals surface area (Å²) < 4.78 is 0. The molecule has 0 atom stereocenters. The van der Waals surface area contributed by atoms with Gasteiger partial charge in [-0.05, 0) is 24.1 Å². The highest BCUT2D eigenvalue weighted by Crippen LogP contribution is 2.29. The van der Waals surface area contributed by atoms with Crippen LogP contribution >= 0.6 is 11.3 Å². The minimum absolute atomic E-state index is 0.0178. The molecule has 4 aromatic rings. The number of rotatable bonds is 6. The fourth-order valence-electron chi connectivity index (χ4n) is 3.00. The van der Waals surface area contributed by atoms with Gasteiger partial charge in [-0.1, -0.05) is 72.8 Å². The number of nitrogens with one attached hydrogen (secondary N) is 1. The van der Waals surface area contributed by atoms with E-state index in [-0.39, 0.29) is 5.91 Å². The van der Waals surface area contributed by atoms with Crippen LogP contribution in [-0.4, -0.2) is 10.9 Å². The Hall–Kier alpha value is -3.24. The molecule has 4 rings (SSSR count). The lowest BCUT2D eigenvalue weighted by atomic mass is 10.1. The van der Waals surface area contributed by atoms with E-state index in [9.17, 15) is 4.79 Å². The van der Waals surface area contributed by atoms with Crippen molar-refractivity contribution in [1.82, 2.24) is 4.98 Å². The first-order chi connectivity index (χ1) is 13.8. The van der Waals surface area contributed by atoms with Crippen molar-refractivity contribution < 1.29 is 4.79 Å². The van der Waals surface area contributed by atoms with E-state index in [4.69, 9.17) is 4.98 Å². The summed E-state index contributed by atoms with van der Waals surface area (Å²) in [7, 11) is 0. The lowest BCUT2D eigenvalue weighted by molar-refractivity contribution is -0.116. The van der Waals surface area contributed by atoms with Crippen molar-refractivity contribution in [3.63, 3.8) is 0 Å². The smallest absolute Gasteiger partial charge is 0.224 e. The largest absolute Gasteiger partial charge is 0.326 e. The van der Waals surface area contributed by atoms with Crippen LogP contribution in [0.4, 0.5) is 5.69 Å². The van der Waals surface area contributed by atoms with Crippen LogP contribution in [0.1, 0.15) is 12.0 Å². The molecule has 3 nitrogen and oxygen atoms in total. The summed E-state index contributed by atoms with van der Waals surface area (Å²) in [5.41, 5.74) is 5.00. The van der Waals surface area contributed by atoms with Crippen molar-refractivity contribution in [3.8, 4) is 21.8 Å². The maximum atomic E-state index is 12.3. The Kier molecular flexibility index (Phi) is 5.59. The van der Waals surface area contributed by atoms with Gasteiger partial charge in [-0.2, -0.15) is 0 Å². The van der Waals surface area contributed by atoms with Gasteiger partial charge in [-0.25, -0.2) is 4.98 Å². The van der Waals surface area contributed by atoms with Crippen LogP contribution in [0.3, 0.4) is 0 Å². The Morgan fingerprint density at radius 3 is 2.36 bits per heavy atom. The van der Waals surface area contributed by atoms with Crippen molar-refractivity contribution in [2.45, 2.75) is 12.8 Å². The fraction of sp³-hybridized carbons (Fsp3) is 0.0833. The van der Waals surface area contributed by atoms with Crippen molar-refractivity contribution in [3.05, 3.63) is 95.9 Å². The van der Waals surface area contributed by atoms with Gasteiger partial charge in [0.05, 0.1) is 5.69 Å². The van der Waals surface area contributed by atoms with Gasteiger partial charge in [-0.3, -0.25) is 4.79 Å². The lowest BCUT2D eigenvalue weighted by Crippen LogP contribution is -2.12. The molecule has 0 bridgehead atoms. The molecule has 1 amide bonds. The first kappa shape index (κ1) is 18.1. The summed E-state index contributed by atoms with van der Waals surface area (Å²) in [6.07, 6.45) is 1.20. The number of aromatic nitrogens is 1. The molecular formula is C24H20N2OS. The van der Waals surface area contributed by atoms with Gasteiger partial charge in [0.15, 0.2) is 0 Å². The summed E-state index contributed by atoms with van der Waals surface area (Å²) in [5.74, 6) is 0.0178. The lowest BCUT2D eigenvalue weighted by Gasteiger charge is -2.07. The second-order valence-corrected chi connectivity index (χ2v) is 7.38. The summed E-state index contributed by atoms with van der Waals surface area (Å²) in [6, 6.07) is 28.1. The number of aryl methyl sites for hydroxylation is 1. The van der Waals surface area contributed by atoms with Crippen LogP contribution in [0.15, 0.2) is 90.3 Å². The normalized spacial score (nSPS) is 10.6. The molecule has 28 heavy (non-hydrogen) atoms. The minimum Gasteiger partial charge on any atom is -0.326 e. The van der Waals surface area contributed by atoms with Gasteiger partial charge >= 0.3 is 0 Å². The first-order valence-corrected chi connectivity index (χ1v) is 10.1. The first-order valence-electron chi connectivity index (χ1n) is 9.23. The summed E-state index contributed by atoms with van der Waals surface area (Å²) in [4.78, 5) is 17.1. The van der Waals surface area contributed by atoms with Crippen LogP contribution in [-0.2, 0) is 11.2 Å². The van der Waals surface area contributed by atoms with Gasteiger partial charge in [0.25, 0.3) is 0 Å². The summed E-state index contributed by atoms with van der Waals surface area (Å²) >= 11 is 1.62. The standard InChI is InChI=1S/C24H20N2OS/c27-23(15-14-18-8-3-1-4-9-18)25-21-13-7-12-20(16-21)22-17-28-24(26-22)19-10-5-2-6-11-19/h1-13,16-17H,14-15H2,(H,25,27). The average molecular weight is 385 g/mol. The third-order valence-corrected chi connectivity index (χ3v) is 5.34. The number of thiazole rings is 1. The molecule has 1 aromatic heterocycles. The number of benzene rings is 3. The van der Waals surface area contributed by atoms with Gasteiger partial charge in [0.1, 0.15) is 5.01 Å². The quantitative estimate of drug-likeness (QED) is 0.440. The van der Waals surface area contributed by atoms with Gasteiger partial charge in [0, 0.05) is 28.6 Å². The average Bonchev–Trinajstić information content (AvgIpc) is 3.24. The van der Waals surface area contributed by atoms with Gasteiger partial charge in [0.2, 0.25) is 5.91 Å². The van der Waals surface area contributed by atoms with Gasteiger partial charge in [-0.15, -0.1) is 11.3 Å². The molecule has 1 N–H and O–H groups in total. The van der Waals surface area contributed by atoms with E-state index in [1.54, 1.807) is 11.3 Å². The van der Waals surface area contributed by atoms with Crippen molar-refractivity contribution in [2.75, 3.05) is 5.32 Å². The van der Waals surface area contributed by atoms with Crippen LogP contribution < -0.4 is 5.32 Å². The molecule has 0 spiro atoms. The number of anilines is 1. The molecule has 0 saturated carbocycles. The Morgan fingerprint density at radius 2 is 1.57 bits per heavy atom. The summed E-state index contributed by atoms with van der Waals surface area (Å²) in [5, 5.41) is 6.05. The predicted molar refractivity (Wildman–Crippen MR) is 116 cm³/mol. The SMILES string of the molecule is O=C(CCc1ccccc1)Nc1cccc(-c2csc(-c3ccccc3)n2)c1. The molecule has 3 aromatic carbocycles. The number of hydrogen-bond acceptors (Lipinski definition) is 3. The van der Waals surface area contributed by atoms with E-state index in [1.165, 1.54) is 5.56 Å². The van der Waals surface area contributed by atoms with E-state index in [1.807, 2.05) is 72.8 Å². The highest BCUT2D eigenvalue weighted by Gasteiger charge is 2.08. The predicted octanol–water partition coefficient (Wildman–Crippen LogP) is 6.05. The molecule has 0 aliphatic carbocycles. The molecule has 0 fully saturated rings. The highest BCUT2D eigenvalue weighted by atomic mass is 32.1. The van der Waals surface area contributed by atoms with Crippen LogP contribution in [0.25, 0.3) is 21.8 Å². The molecule has 138 valence electrons. The second kappa shape index (κ2) is 8.63. The van der Waals surface area contributed by atoms with E-state index < -0.39 is 0 Å². The van der Waals surface area contributed by atoms with Crippen LogP contribution in [0, 0.1) is 0 Å². The Labute approximate surface area is 168 Å². The molecule has 0 aliphatic rings. The topological polar surface area (TPSA) is 42.0 Å². The van der Waals surface area contributed by atoms with E-state index >= 15 is 0 Å².